The molecule has 0 radical (unpaired) electrons. The van der Waals surface area contributed by atoms with Crippen molar-refractivity contribution in [1.29, 1.82) is 0 Å². The number of methoxy groups -OCH3 is 1. The summed E-state index contributed by atoms with van der Waals surface area (Å²) in [5, 5.41) is 0.727. The first-order valence-electron chi connectivity index (χ1n) is 8.56. The fourth-order valence-corrected chi connectivity index (χ4v) is 3.80. The number of rotatable bonds is 9. The molecule has 0 saturated carbocycles. The van der Waals surface area contributed by atoms with E-state index in [2.05, 4.69) is 6.92 Å². The third-order valence-corrected chi connectivity index (χ3v) is 5.25. The van der Waals surface area contributed by atoms with Crippen LogP contribution in [-0.2, 0) is 9.53 Å². The lowest BCUT2D eigenvalue weighted by Gasteiger charge is -2.22. The minimum Gasteiger partial charge on any atom is -0.468 e. The number of anilines is 1. The van der Waals surface area contributed by atoms with E-state index in [9.17, 15) is 14.4 Å². The summed E-state index contributed by atoms with van der Waals surface area (Å²) in [5.74, 6) is 0.474. The molecule has 1 aromatic heterocycles. The molecule has 0 aliphatic heterocycles. The van der Waals surface area contributed by atoms with E-state index in [1.807, 2.05) is 24.0 Å². The minimum absolute atomic E-state index is 0.0632. The van der Waals surface area contributed by atoms with E-state index in [0.717, 1.165) is 29.7 Å². The molecule has 0 aliphatic rings. The predicted octanol–water partition coefficient (Wildman–Crippen LogP) is 3.50. The standard InChI is InChI=1S/C19H23NO5S/c1-4-6-9-26-18-14-8-7-13(20(5-2)11-17(22)24-3)10-16(14)25-19(23)15(18)12-21/h7-8,10,12H,4-6,9,11H2,1-3H3. The van der Waals surface area contributed by atoms with Gasteiger partial charge in [-0.15, -0.1) is 11.8 Å². The molecule has 7 heteroatoms. The Morgan fingerprint density at radius 3 is 2.73 bits per heavy atom. The topological polar surface area (TPSA) is 76.8 Å². The number of thioether (sulfide) groups is 1. The predicted molar refractivity (Wildman–Crippen MR) is 103 cm³/mol. The molecule has 1 heterocycles. The monoisotopic (exact) mass is 377 g/mol. The van der Waals surface area contributed by atoms with Gasteiger partial charge in [-0.2, -0.15) is 0 Å². The average molecular weight is 377 g/mol. The van der Waals surface area contributed by atoms with Gasteiger partial charge in [-0.3, -0.25) is 9.59 Å². The summed E-state index contributed by atoms with van der Waals surface area (Å²) in [4.78, 5) is 37.6. The van der Waals surface area contributed by atoms with Crippen molar-refractivity contribution >= 4 is 40.7 Å². The summed E-state index contributed by atoms with van der Waals surface area (Å²) in [6.07, 6.45) is 2.58. The van der Waals surface area contributed by atoms with Gasteiger partial charge in [-0.25, -0.2) is 4.79 Å². The van der Waals surface area contributed by atoms with E-state index >= 15 is 0 Å². The van der Waals surface area contributed by atoms with Crippen LogP contribution in [0.2, 0.25) is 0 Å². The van der Waals surface area contributed by atoms with Gasteiger partial charge in [0.05, 0.1) is 7.11 Å². The quantitative estimate of drug-likeness (QED) is 0.218. The van der Waals surface area contributed by atoms with Gasteiger partial charge in [-0.05, 0) is 31.2 Å². The van der Waals surface area contributed by atoms with Gasteiger partial charge in [0.1, 0.15) is 17.7 Å². The number of aldehydes is 1. The van der Waals surface area contributed by atoms with Crippen LogP contribution < -0.4 is 10.5 Å². The summed E-state index contributed by atoms with van der Waals surface area (Å²) in [7, 11) is 1.34. The Kier molecular flexibility index (Phi) is 7.26. The lowest BCUT2D eigenvalue weighted by atomic mass is 10.1. The molecular weight excluding hydrogens is 354 g/mol. The Morgan fingerprint density at radius 1 is 1.35 bits per heavy atom. The summed E-state index contributed by atoms with van der Waals surface area (Å²) < 4.78 is 10.1. The first kappa shape index (κ1) is 20.0. The molecule has 140 valence electrons. The van der Waals surface area contributed by atoms with Crippen LogP contribution in [0, 0.1) is 0 Å². The van der Waals surface area contributed by atoms with Crippen molar-refractivity contribution in [3.8, 4) is 0 Å². The van der Waals surface area contributed by atoms with Crippen molar-refractivity contribution in [2.24, 2.45) is 0 Å². The number of carbonyl (C=O) groups excluding carboxylic acids is 2. The van der Waals surface area contributed by atoms with Gasteiger partial charge in [0, 0.05) is 28.6 Å². The smallest absolute Gasteiger partial charge is 0.348 e. The number of benzene rings is 1. The second-order valence-electron chi connectivity index (χ2n) is 5.72. The van der Waals surface area contributed by atoms with E-state index in [0.29, 0.717) is 23.3 Å². The Morgan fingerprint density at radius 2 is 2.12 bits per heavy atom. The van der Waals surface area contributed by atoms with Crippen LogP contribution >= 0.6 is 11.8 Å². The Hall–Kier alpha value is -2.28. The van der Waals surface area contributed by atoms with E-state index in [-0.39, 0.29) is 18.1 Å². The highest BCUT2D eigenvalue weighted by atomic mass is 32.2. The molecule has 26 heavy (non-hydrogen) atoms. The van der Waals surface area contributed by atoms with Gasteiger partial charge in [-0.1, -0.05) is 13.3 Å². The highest BCUT2D eigenvalue weighted by Gasteiger charge is 2.17. The molecule has 0 spiro atoms. The second kappa shape index (κ2) is 9.43. The summed E-state index contributed by atoms with van der Waals surface area (Å²) in [6, 6.07) is 5.41. The average Bonchev–Trinajstić information content (AvgIpc) is 2.65. The largest absolute Gasteiger partial charge is 0.468 e. The van der Waals surface area contributed by atoms with Gasteiger partial charge in [0.2, 0.25) is 0 Å². The highest BCUT2D eigenvalue weighted by Crippen LogP contribution is 2.32. The molecule has 0 saturated heterocycles. The van der Waals surface area contributed by atoms with Crippen LogP contribution in [-0.4, -0.2) is 38.2 Å². The maximum atomic E-state index is 12.2. The first-order chi connectivity index (χ1) is 12.5. The Balaban J connectivity index is 2.50. The molecule has 0 unspecified atom stereocenters. The van der Waals surface area contributed by atoms with Crippen molar-refractivity contribution < 1.29 is 18.7 Å². The summed E-state index contributed by atoms with van der Waals surface area (Å²) in [5.41, 5.74) is 0.574. The highest BCUT2D eigenvalue weighted by molar-refractivity contribution is 7.99. The maximum Gasteiger partial charge on any atom is 0.348 e. The Labute approximate surface area is 156 Å². The molecule has 2 rings (SSSR count). The van der Waals surface area contributed by atoms with Crippen LogP contribution in [0.4, 0.5) is 5.69 Å². The number of hydrogen-bond donors (Lipinski definition) is 0. The van der Waals surface area contributed by atoms with Gasteiger partial charge in [0.15, 0.2) is 6.29 Å². The fraction of sp³-hybridized carbons (Fsp3) is 0.421. The maximum absolute atomic E-state index is 12.2. The zero-order valence-corrected chi connectivity index (χ0v) is 16.1. The minimum atomic E-state index is -0.639. The van der Waals surface area contributed by atoms with Crippen molar-refractivity contribution in [3.05, 3.63) is 34.2 Å². The van der Waals surface area contributed by atoms with Gasteiger partial charge >= 0.3 is 11.6 Å². The molecule has 0 bridgehead atoms. The lowest BCUT2D eigenvalue weighted by molar-refractivity contribution is -0.138. The molecule has 1 aromatic carbocycles. The summed E-state index contributed by atoms with van der Waals surface area (Å²) >= 11 is 1.50. The van der Waals surface area contributed by atoms with E-state index in [1.54, 1.807) is 6.07 Å². The number of fused-ring (bicyclic) bond motifs is 1. The van der Waals surface area contributed by atoms with Gasteiger partial charge < -0.3 is 14.1 Å². The normalized spacial score (nSPS) is 10.7. The fourth-order valence-electron chi connectivity index (χ4n) is 2.55. The number of nitrogens with zero attached hydrogens (tertiary/aromatic N) is 1. The van der Waals surface area contributed by atoms with E-state index < -0.39 is 5.63 Å². The summed E-state index contributed by atoms with van der Waals surface area (Å²) in [6.45, 7) is 4.71. The van der Waals surface area contributed by atoms with Crippen LogP contribution in [0.1, 0.15) is 37.0 Å². The van der Waals surface area contributed by atoms with Crippen LogP contribution in [0.5, 0.6) is 0 Å². The van der Waals surface area contributed by atoms with Crippen molar-refractivity contribution in [1.82, 2.24) is 0 Å². The number of ether oxygens (including phenoxy) is 1. The third-order valence-electron chi connectivity index (χ3n) is 4.03. The molecule has 2 aromatic rings. The van der Waals surface area contributed by atoms with Crippen LogP contribution in [0.15, 0.2) is 32.3 Å². The first-order valence-corrected chi connectivity index (χ1v) is 9.54. The second-order valence-corrected chi connectivity index (χ2v) is 6.83. The molecule has 0 fully saturated rings. The van der Waals surface area contributed by atoms with E-state index in [4.69, 9.17) is 9.15 Å². The molecular formula is C19H23NO5S. The zero-order valence-electron chi connectivity index (χ0n) is 15.2. The number of esters is 1. The molecule has 6 nitrogen and oxygen atoms in total. The van der Waals surface area contributed by atoms with E-state index in [1.165, 1.54) is 18.9 Å². The van der Waals surface area contributed by atoms with Gasteiger partial charge in [0.25, 0.3) is 0 Å². The molecule has 0 N–H and O–H groups in total. The van der Waals surface area contributed by atoms with Crippen molar-refractivity contribution in [3.63, 3.8) is 0 Å². The number of likely N-dealkylation sites (N-methyl/N-ethyl adjacent to an activating group) is 1. The number of hydrogen-bond acceptors (Lipinski definition) is 7. The Bertz CT molecular complexity index is 846. The molecule has 0 aliphatic carbocycles. The van der Waals surface area contributed by atoms with Crippen LogP contribution in [0.3, 0.4) is 0 Å². The SMILES string of the molecule is CCCCSc1c(C=O)c(=O)oc2cc(N(CC)CC(=O)OC)ccc12. The molecule has 0 amide bonds. The van der Waals surface area contributed by atoms with Crippen LogP contribution in [0.25, 0.3) is 11.0 Å². The zero-order chi connectivity index (χ0) is 19.1. The molecule has 0 atom stereocenters. The lowest BCUT2D eigenvalue weighted by Crippen LogP contribution is -2.30. The number of carbonyl (C=O) groups is 2. The van der Waals surface area contributed by atoms with Crippen molar-refractivity contribution in [2.45, 2.75) is 31.6 Å². The third kappa shape index (κ3) is 4.46. The number of unbranched alkanes of at least 4 members (excludes halogenated alkanes) is 1. The van der Waals surface area contributed by atoms with Crippen molar-refractivity contribution in [2.75, 3.05) is 30.9 Å².